The van der Waals surface area contributed by atoms with Gasteiger partial charge in [0, 0.05) is 11.6 Å². The number of nitrogens with two attached hydrogens (primary N) is 1. The summed E-state index contributed by atoms with van der Waals surface area (Å²) in [5.74, 6) is 1.98. The van der Waals surface area contributed by atoms with Crippen LogP contribution in [0.3, 0.4) is 0 Å². The highest BCUT2D eigenvalue weighted by Crippen LogP contribution is 2.29. The van der Waals surface area contributed by atoms with Crippen LogP contribution >= 0.6 is 12.4 Å². The maximum absolute atomic E-state index is 12.5. The number of amides is 1. The summed E-state index contributed by atoms with van der Waals surface area (Å²) in [4.78, 5) is 12.5. The molecule has 0 radical (unpaired) electrons. The summed E-state index contributed by atoms with van der Waals surface area (Å²) in [7, 11) is 1.58. The van der Waals surface area contributed by atoms with Crippen molar-refractivity contribution in [2.24, 2.45) is 17.6 Å². The van der Waals surface area contributed by atoms with E-state index in [2.05, 4.69) is 19.2 Å². The predicted octanol–water partition coefficient (Wildman–Crippen LogP) is 3.01. The molecule has 1 saturated carbocycles. The summed E-state index contributed by atoms with van der Waals surface area (Å²) in [6.07, 6.45) is 3.21. The molecule has 1 aliphatic carbocycles. The van der Waals surface area contributed by atoms with Crippen molar-refractivity contribution in [2.75, 3.05) is 20.3 Å². The Balaban J connectivity index is 0.00000288. The third-order valence-electron chi connectivity index (χ3n) is 4.28. The van der Waals surface area contributed by atoms with Gasteiger partial charge in [-0.25, -0.2) is 0 Å². The van der Waals surface area contributed by atoms with E-state index in [1.165, 1.54) is 0 Å². The van der Waals surface area contributed by atoms with Crippen LogP contribution in [0.25, 0.3) is 0 Å². The third kappa shape index (κ3) is 5.28. The first kappa shape index (κ1) is 20.6. The van der Waals surface area contributed by atoms with Gasteiger partial charge in [0.15, 0.2) is 11.5 Å². The highest BCUT2D eigenvalue weighted by atomic mass is 35.5. The van der Waals surface area contributed by atoms with Crippen molar-refractivity contribution < 1.29 is 14.3 Å². The van der Waals surface area contributed by atoms with Crippen molar-refractivity contribution in [2.45, 2.75) is 39.2 Å². The van der Waals surface area contributed by atoms with E-state index >= 15 is 0 Å². The van der Waals surface area contributed by atoms with Gasteiger partial charge in [-0.15, -0.1) is 12.4 Å². The van der Waals surface area contributed by atoms with E-state index in [1.807, 2.05) is 0 Å². The molecule has 1 fully saturated rings. The normalized spacial score (nSPS) is 19.7. The van der Waals surface area contributed by atoms with Gasteiger partial charge in [0.05, 0.1) is 13.7 Å². The van der Waals surface area contributed by atoms with Crippen molar-refractivity contribution in [3.63, 3.8) is 0 Å². The second-order valence-corrected chi connectivity index (χ2v) is 6.58. The molecule has 6 heteroatoms. The molecule has 0 saturated heterocycles. The SMILES string of the molecule is COc1cc(C(=O)NC2CCCC2CN)ccc1OCC(C)C.Cl. The van der Waals surface area contributed by atoms with Gasteiger partial charge in [-0.2, -0.15) is 0 Å². The van der Waals surface area contributed by atoms with Crippen molar-refractivity contribution in [1.82, 2.24) is 5.32 Å². The maximum atomic E-state index is 12.5. The summed E-state index contributed by atoms with van der Waals surface area (Å²) >= 11 is 0. The number of hydrogen-bond acceptors (Lipinski definition) is 4. The zero-order valence-electron chi connectivity index (χ0n) is 14.7. The number of carbonyl (C=O) groups excluding carboxylic acids is 1. The van der Waals surface area contributed by atoms with Gasteiger partial charge in [-0.3, -0.25) is 4.79 Å². The number of hydrogen-bond donors (Lipinski definition) is 2. The van der Waals surface area contributed by atoms with E-state index in [9.17, 15) is 4.79 Å². The van der Waals surface area contributed by atoms with Gasteiger partial charge in [-0.1, -0.05) is 20.3 Å². The second-order valence-electron chi connectivity index (χ2n) is 6.58. The van der Waals surface area contributed by atoms with Crippen LogP contribution in [-0.4, -0.2) is 32.2 Å². The highest BCUT2D eigenvalue weighted by Gasteiger charge is 2.27. The van der Waals surface area contributed by atoms with Gasteiger partial charge < -0.3 is 20.5 Å². The minimum absolute atomic E-state index is 0. The standard InChI is InChI=1S/C18H28N2O3.ClH/c1-12(2)11-23-16-8-7-13(9-17(16)22-3)18(21)20-15-6-4-5-14(15)10-19;/h7-9,12,14-15H,4-6,10-11,19H2,1-3H3,(H,20,21);1H. The Morgan fingerprint density at radius 3 is 2.71 bits per heavy atom. The van der Waals surface area contributed by atoms with E-state index in [0.717, 1.165) is 19.3 Å². The number of methoxy groups -OCH3 is 1. The van der Waals surface area contributed by atoms with Crippen LogP contribution in [0, 0.1) is 11.8 Å². The lowest BCUT2D eigenvalue weighted by atomic mass is 10.0. The number of ether oxygens (including phenoxy) is 2. The molecule has 1 aliphatic rings. The molecule has 2 unspecified atom stereocenters. The molecule has 2 atom stereocenters. The zero-order chi connectivity index (χ0) is 16.8. The van der Waals surface area contributed by atoms with Crippen LogP contribution in [-0.2, 0) is 0 Å². The summed E-state index contributed by atoms with van der Waals surface area (Å²) in [6.45, 7) is 5.41. The van der Waals surface area contributed by atoms with Crippen molar-refractivity contribution in [3.8, 4) is 11.5 Å². The van der Waals surface area contributed by atoms with Gasteiger partial charge >= 0.3 is 0 Å². The highest BCUT2D eigenvalue weighted by molar-refractivity contribution is 5.95. The largest absolute Gasteiger partial charge is 0.493 e. The molecule has 3 N–H and O–H groups in total. The number of nitrogens with one attached hydrogen (secondary N) is 1. The van der Waals surface area contributed by atoms with E-state index in [1.54, 1.807) is 25.3 Å². The fourth-order valence-electron chi connectivity index (χ4n) is 2.95. The Morgan fingerprint density at radius 1 is 1.33 bits per heavy atom. The topological polar surface area (TPSA) is 73.6 Å². The predicted molar refractivity (Wildman–Crippen MR) is 98.2 cm³/mol. The Hall–Kier alpha value is -1.46. The smallest absolute Gasteiger partial charge is 0.251 e. The van der Waals surface area contributed by atoms with Gasteiger partial charge in [-0.05, 0) is 49.4 Å². The molecule has 1 aromatic carbocycles. The molecule has 5 nitrogen and oxygen atoms in total. The Labute approximate surface area is 150 Å². The molecule has 1 aromatic rings. The first-order chi connectivity index (χ1) is 11.0. The van der Waals surface area contributed by atoms with Crippen LogP contribution < -0.4 is 20.5 Å². The summed E-state index contributed by atoms with van der Waals surface area (Å²) < 4.78 is 11.1. The lowest BCUT2D eigenvalue weighted by Gasteiger charge is -2.20. The molecule has 136 valence electrons. The van der Waals surface area contributed by atoms with Crippen molar-refractivity contribution in [1.29, 1.82) is 0 Å². The Morgan fingerprint density at radius 2 is 2.08 bits per heavy atom. The second kappa shape index (κ2) is 9.74. The van der Waals surface area contributed by atoms with E-state index < -0.39 is 0 Å². The monoisotopic (exact) mass is 356 g/mol. The Kier molecular flexibility index (Phi) is 8.36. The van der Waals surface area contributed by atoms with Crippen LogP contribution in [0.4, 0.5) is 0 Å². The summed E-state index contributed by atoms with van der Waals surface area (Å²) in [5.41, 5.74) is 6.36. The summed E-state index contributed by atoms with van der Waals surface area (Å²) in [5, 5.41) is 3.10. The molecule has 2 rings (SSSR count). The van der Waals surface area contributed by atoms with Crippen LogP contribution in [0.5, 0.6) is 11.5 Å². The third-order valence-corrected chi connectivity index (χ3v) is 4.28. The molecular formula is C18H29ClN2O3. The van der Waals surface area contributed by atoms with Crippen molar-refractivity contribution in [3.05, 3.63) is 23.8 Å². The molecule has 0 aromatic heterocycles. The fraction of sp³-hybridized carbons (Fsp3) is 0.611. The van der Waals surface area contributed by atoms with E-state index in [4.69, 9.17) is 15.2 Å². The average molecular weight is 357 g/mol. The van der Waals surface area contributed by atoms with E-state index in [0.29, 0.717) is 42.0 Å². The summed E-state index contributed by atoms with van der Waals surface area (Å²) in [6, 6.07) is 5.48. The molecule has 0 spiro atoms. The lowest BCUT2D eigenvalue weighted by molar-refractivity contribution is 0.0928. The van der Waals surface area contributed by atoms with Crippen LogP contribution in [0.15, 0.2) is 18.2 Å². The number of halogens is 1. The molecule has 24 heavy (non-hydrogen) atoms. The molecule has 1 amide bonds. The molecule has 0 aliphatic heterocycles. The van der Waals surface area contributed by atoms with Gasteiger partial charge in [0.1, 0.15) is 0 Å². The number of benzene rings is 1. The minimum atomic E-state index is -0.0796. The maximum Gasteiger partial charge on any atom is 0.251 e. The van der Waals surface area contributed by atoms with E-state index in [-0.39, 0.29) is 24.4 Å². The van der Waals surface area contributed by atoms with Gasteiger partial charge in [0.2, 0.25) is 0 Å². The van der Waals surface area contributed by atoms with Gasteiger partial charge in [0.25, 0.3) is 5.91 Å². The molecule has 0 bridgehead atoms. The van der Waals surface area contributed by atoms with Crippen LogP contribution in [0.2, 0.25) is 0 Å². The first-order valence-corrected chi connectivity index (χ1v) is 8.37. The minimum Gasteiger partial charge on any atom is -0.493 e. The van der Waals surface area contributed by atoms with Crippen molar-refractivity contribution >= 4 is 18.3 Å². The quantitative estimate of drug-likeness (QED) is 0.787. The number of carbonyl (C=O) groups is 1. The fourth-order valence-corrected chi connectivity index (χ4v) is 2.95. The number of rotatable bonds is 7. The molecular weight excluding hydrogens is 328 g/mol. The van der Waals surface area contributed by atoms with Crippen LogP contribution in [0.1, 0.15) is 43.5 Å². The zero-order valence-corrected chi connectivity index (χ0v) is 15.5. The Bertz CT molecular complexity index is 537. The first-order valence-electron chi connectivity index (χ1n) is 8.37. The average Bonchev–Trinajstić information content (AvgIpc) is 2.99. The molecule has 0 heterocycles. The lowest BCUT2D eigenvalue weighted by Crippen LogP contribution is -2.39.